The van der Waals surface area contributed by atoms with Crippen molar-refractivity contribution in [3.8, 4) is 0 Å². The highest BCUT2D eigenvalue weighted by molar-refractivity contribution is 7.89. The predicted octanol–water partition coefficient (Wildman–Crippen LogP) is 2.98. The lowest BCUT2D eigenvalue weighted by Crippen LogP contribution is -2.43. The number of hydrogen-bond donors (Lipinski definition) is 2. The standard InChI is InChI=1S/C15H14F6N4O3S/c1-7(15(19,20)21)24-29(27,28)10-6-25(2)12(11(10)16)14(26)23-8-3-4-22-9(5-8)13(17)18/h3-7,13,24H,1-2H3,(H,22,23,26). The van der Waals surface area contributed by atoms with Crippen LogP contribution in [0.4, 0.5) is 32.0 Å². The van der Waals surface area contributed by atoms with E-state index in [0.29, 0.717) is 13.1 Å². The summed E-state index contributed by atoms with van der Waals surface area (Å²) >= 11 is 0. The zero-order chi connectivity index (χ0) is 22.1. The summed E-state index contributed by atoms with van der Waals surface area (Å²) in [4.78, 5) is 14.5. The minimum atomic E-state index is -4.95. The lowest BCUT2D eigenvalue weighted by atomic mass is 10.3. The average Bonchev–Trinajstić information content (AvgIpc) is 2.89. The van der Waals surface area contributed by atoms with Crippen LogP contribution in [-0.2, 0) is 17.1 Å². The fraction of sp³-hybridized carbons (Fsp3) is 0.333. The summed E-state index contributed by atoms with van der Waals surface area (Å²) in [5, 5.41) is 2.10. The Morgan fingerprint density at radius 3 is 2.45 bits per heavy atom. The quantitative estimate of drug-likeness (QED) is 0.670. The van der Waals surface area contributed by atoms with Crippen LogP contribution >= 0.6 is 0 Å². The van der Waals surface area contributed by atoms with Crippen molar-refractivity contribution in [1.82, 2.24) is 14.3 Å². The van der Waals surface area contributed by atoms with Crippen LogP contribution in [0, 0.1) is 5.82 Å². The lowest BCUT2D eigenvalue weighted by molar-refractivity contribution is -0.147. The van der Waals surface area contributed by atoms with E-state index in [4.69, 9.17) is 0 Å². The maximum absolute atomic E-state index is 14.6. The molecule has 0 aromatic carbocycles. The van der Waals surface area contributed by atoms with Crippen LogP contribution < -0.4 is 10.0 Å². The van der Waals surface area contributed by atoms with Crippen molar-refractivity contribution < 1.29 is 39.6 Å². The highest BCUT2D eigenvalue weighted by atomic mass is 32.2. The van der Waals surface area contributed by atoms with Gasteiger partial charge in [0.1, 0.15) is 22.3 Å². The molecule has 1 amide bonds. The number of amides is 1. The smallest absolute Gasteiger partial charge is 0.343 e. The fourth-order valence-corrected chi connectivity index (χ4v) is 3.57. The predicted molar refractivity (Wildman–Crippen MR) is 88.4 cm³/mol. The molecule has 7 nitrogen and oxygen atoms in total. The van der Waals surface area contributed by atoms with Crippen LogP contribution in [0.15, 0.2) is 29.4 Å². The normalized spacial score (nSPS) is 13.6. The number of carbonyl (C=O) groups is 1. The number of nitrogens with zero attached hydrogens (tertiary/aromatic N) is 2. The van der Waals surface area contributed by atoms with Gasteiger partial charge in [0.2, 0.25) is 10.0 Å². The number of sulfonamides is 1. The zero-order valence-corrected chi connectivity index (χ0v) is 15.6. The number of pyridine rings is 1. The van der Waals surface area contributed by atoms with Gasteiger partial charge >= 0.3 is 6.18 Å². The molecule has 1 unspecified atom stereocenters. The summed E-state index contributed by atoms with van der Waals surface area (Å²) in [5.74, 6) is -2.81. The second kappa shape index (κ2) is 8.02. The molecule has 2 aromatic rings. The first-order chi connectivity index (χ1) is 13.2. The van der Waals surface area contributed by atoms with Gasteiger partial charge in [0.25, 0.3) is 12.3 Å². The molecule has 0 bridgehead atoms. The first-order valence-electron chi connectivity index (χ1n) is 7.73. The first-order valence-corrected chi connectivity index (χ1v) is 9.21. The van der Waals surface area contributed by atoms with Crippen molar-refractivity contribution in [2.75, 3.05) is 5.32 Å². The van der Waals surface area contributed by atoms with Gasteiger partial charge in [0.15, 0.2) is 5.82 Å². The van der Waals surface area contributed by atoms with E-state index in [1.807, 2.05) is 0 Å². The highest BCUT2D eigenvalue weighted by Gasteiger charge is 2.40. The average molecular weight is 444 g/mol. The van der Waals surface area contributed by atoms with E-state index in [0.717, 1.165) is 29.9 Å². The summed E-state index contributed by atoms with van der Waals surface area (Å²) < 4.78 is 104. The molecule has 0 saturated carbocycles. The van der Waals surface area contributed by atoms with Gasteiger partial charge in [-0.3, -0.25) is 9.78 Å². The van der Waals surface area contributed by atoms with Gasteiger partial charge < -0.3 is 9.88 Å². The van der Waals surface area contributed by atoms with Crippen molar-refractivity contribution in [3.05, 3.63) is 41.7 Å². The summed E-state index contributed by atoms with van der Waals surface area (Å²) in [6, 6.07) is -0.545. The summed E-state index contributed by atoms with van der Waals surface area (Å²) in [6.45, 7) is 0.524. The summed E-state index contributed by atoms with van der Waals surface area (Å²) in [5.41, 5.74) is -1.67. The summed E-state index contributed by atoms with van der Waals surface area (Å²) in [7, 11) is -3.87. The minimum Gasteiger partial charge on any atom is -0.343 e. The molecule has 0 saturated heterocycles. The third-order valence-electron chi connectivity index (χ3n) is 3.68. The topological polar surface area (TPSA) is 93.1 Å². The van der Waals surface area contributed by atoms with Gasteiger partial charge in [-0.25, -0.2) is 21.6 Å². The minimum absolute atomic E-state index is 0.172. The van der Waals surface area contributed by atoms with Gasteiger partial charge in [-0.05, 0) is 19.1 Å². The second-order valence-electron chi connectivity index (χ2n) is 5.88. The van der Waals surface area contributed by atoms with E-state index in [9.17, 15) is 39.6 Å². The number of hydrogen-bond acceptors (Lipinski definition) is 4. The maximum Gasteiger partial charge on any atom is 0.404 e. The van der Waals surface area contributed by atoms with Gasteiger partial charge in [-0.2, -0.15) is 17.9 Å². The van der Waals surface area contributed by atoms with Crippen molar-refractivity contribution >= 4 is 21.6 Å². The fourth-order valence-electron chi connectivity index (χ4n) is 2.21. The molecule has 0 fully saturated rings. The maximum atomic E-state index is 14.6. The van der Waals surface area contributed by atoms with Crippen LogP contribution in [-0.4, -0.2) is 36.1 Å². The van der Waals surface area contributed by atoms with Gasteiger partial charge in [0.05, 0.1) is 0 Å². The largest absolute Gasteiger partial charge is 0.404 e. The highest BCUT2D eigenvalue weighted by Crippen LogP contribution is 2.25. The lowest BCUT2D eigenvalue weighted by Gasteiger charge is -2.16. The Kier molecular flexibility index (Phi) is 6.27. The molecule has 2 aromatic heterocycles. The molecule has 29 heavy (non-hydrogen) atoms. The molecular weight excluding hydrogens is 430 g/mol. The molecule has 0 aliphatic heterocycles. The Balaban J connectivity index is 2.33. The molecule has 0 spiro atoms. The molecular formula is C15H14F6N4O3S. The van der Waals surface area contributed by atoms with E-state index in [1.54, 1.807) is 0 Å². The van der Waals surface area contributed by atoms with Crippen LogP contribution in [0.1, 0.15) is 29.5 Å². The van der Waals surface area contributed by atoms with Crippen molar-refractivity contribution in [1.29, 1.82) is 0 Å². The molecule has 2 rings (SSSR count). The number of anilines is 1. The number of nitrogens with one attached hydrogen (secondary N) is 2. The Morgan fingerprint density at radius 1 is 1.28 bits per heavy atom. The monoisotopic (exact) mass is 444 g/mol. The second-order valence-corrected chi connectivity index (χ2v) is 7.56. The third-order valence-corrected chi connectivity index (χ3v) is 5.21. The van der Waals surface area contributed by atoms with Crippen LogP contribution in [0.25, 0.3) is 0 Å². The first kappa shape index (κ1) is 22.7. The molecule has 14 heteroatoms. The summed E-state index contributed by atoms with van der Waals surface area (Å²) in [6.07, 6.45) is -6.26. The number of alkyl halides is 5. The zero-order valence-electron chi connectivity index (χ0n) is 14.8. The van der Waals surface area contributed by atoms with Gasteiger partial charge in [-0.1, -0.05) is 0 Å². The van der Waals surface area contributed by atoms with E-state index in [2.05, 4.69) is 10.3 Å². The van der Waals surface area contributed by atoms with E-state index in [-0.39, 0.29) is 5.69 Å². The molecule has 2 N–H and O–H groups in total. The Bertz CT molecular complexity index is 1020. The molecule has 0 aliphatic rings. The Morgan fingerprint density at radius 2 is 1.90 bits per heavy atom. The van der Waals surface area contributed by atoms with Crippen molar-refractivity contribution in [2.45, 2.75) is 30.5 Å². The number of aromatic nitrogens is 2. The molecule has 1 atom stereocenters. The van der Waals surface area contributed by atoms with Gasteiger partial charge in [-0.15, -0.1) is 0 Å². The van der Waals surface area contributed by atoms with E-state index in [1.165, 1.54) is 4.72 Å². The number of rotatable bonds is 6. The Hall–Kier alpha value is -2.61. The third kappa shape index (κ3) is 5.06. The molecule has 0 aliphatic carbocycles. The van der Waals surface area contributed by atoms with Crippen LogP contribution in [0.3, 0.4) is 0 Å². The number of halogens is 6. The molecule has 2 heterocycles. The molecule has 0 radical (unpaired) electrons. The van der Waals surface area contributed by atoms with Crippen molar-refractivity contribution in [3.63, 3.8) is 0 Å². The van der Waals surface area contributed by atoms with E-state index < -0.39 is 56.7 Å². The number of carbonyl (C=O) groups excluding carboxylic acids is 1. The Labute approximate surface area is 160 Å². The van der Waals surface area contributed by atoms with Gasteiger partial charge in [0, 0.05) is 25.1 Å². The van der Waals surface area contributed by atoms with Crippen molar-refractivity contribution in [2.24, 2.45) is 7.05 Å². The van der Waals surface area contributed by atoms with Crippen LogP contribution in [0.5, 0.6) is 0 Å². The SMILES string of the molecule is CC(NS(=O)(=O)c1cn(C)c(C(=O)Nc2ccnc(C(F)F)c2)c1F)C(F)(F)F. The molecule has 160 valence electrons. The van der Waals surface area contributed by atoms with E-state index >= 15 is 0 Å². The number of aryl methyl sites for hydroxylation is 1. The van der Waals surface area contributed by atoms with Crippen LogP contribution in [0.2, 0.25) is 0 Å².